The summed E-state index contributed by atoms with van der Waals surface area (Å²) >= 11 is 0. The lowest BCUT2D eigenvalue weighted by molar-refractivity contribution is -0.140. The Morgan fingerprint density at radius 1 is 0.852 bits per heavy atom. The summed E-state index contributed by atoms with van der Waals surface area (Å²) in [7, 11) is 5.69. The molecule has 0 saturated carbocycles. The van der Waals surface area contributed by atoms with Gasteiger partial charge in [0.15, 0.2) is 11.6 Å². The number of nitrogens with zero attached hydrogens (tertiary/aromatic N) is 6. The van der Waals surface area contributed by atoms with Crippen LogP contribution in [0, 0.1) is 0 Å². The first kappa shape index (κ1) is 35.1. The number of ether oxygens (including phenoxy) is 3. The van der Waals surface area contributed by atoms with Crippen LogP contribution in [-0.2, 0) is 23.8 Å². The summed E-state index contributed by atoms with van der Waals surface area (Å²) in [5.74, 6) is 1.55. The SMILES string of the molecule is COc1ccccc1-c1ncc(OCC2(CCCOc3cccc4ccccc34)c3cccc4c3N(CCCN(C)Cc3c-4cnn3C)C2C(=O)O)cn1. The standard InChI is InChI=1S/C43H44N6O5/c1-47-21-11-22-49-39-32(34-26-46-48(2)36(34)27-47)16-9-17-35(39)43(40(49)42(50)51,20-10-23-53-38-19-8-13-29-12-4-5-14-31(29)38)28-54-30-24-44-41(45-25-30)33-15-6-7-18-37(33)52-3/h4-9,12-19,24-26,40H,10-11,20-23,27-28H2,1-3H3,(H,50,51). The number of hydrogen-bond acceptors (Lipinski definition) is 9. The molecule has 2 aromatic heterocycles. The molecule has 0 fully saturated rings. The molecule has 6 aromatic rings. The highest BCUT2D eigenvalue weighted by Gasteiger charge is 2.56. The third-order valence-corrected chi connectivity index (χ3v) is 10.9. The Hall–Kier alpha value is -5.94. The van der Waals surface area contributed by atoms with E-state index in [9.17, 15) is 9.90 Å². The summed E-state index contributed by atoms with van der Waals surface area (Å²) in [6.07, 6.45) is 7.09. The molecule has 2 aliphatic rings. The molecular weight excluding hydrogens is 681 g/mol. The molecule has 2 atom stereocenters. The van der Waals surface area contributed by atoms with Gasteiger partial charge in [-0.2, -0.15) is 5.10 Å². The average molecular weight is 725 g/mol. The van der Waals surface area contributed by atoms with Crippen molar-refractivity contribution in [2.45, 2.75) is 37.3 Å². The van der Waals surface area contributed by atoms with Crippen molar-refractivity contribution in [2.24, 2.45) is 7.05 Å². The summed E-state index contributed by atoms with van der Waals surface area (Å²) in [6, 6.07) is 27.1. The van der Waals surface area contributed by atoms with Gasteiger partial charge in [-0.05, 0) is 62.0 Å². The smallest absolute Gasteiger partial charge is 0.327 e. The Labute approximate surface area is 314 Å². The fourth-order valence-electron chi connectivity index (χ4n) is 8.34. The number of aromatic nitrogens is 4. The van der Waals surface area contributed by atoms with Crippen molar-refractivity contribution in [1.82, 2.24) is 24.6 Å². The zero-order chi connectivity index (χ0) is 37.2. The van der Waals surface area contributed by atoms with E-state index in [2.05, 4.69) is 62.2 Å². The van der Waals surface area contributed by atoms with Crippen LogP contribution in [0.2, 0.25) is 0 Å². The number of fused-ring (bicyclic) bond motifs is 3. The van der Waals surface area contributed by atoms with Crippen molar-refractivity contribution in [1.29, 1.82) is 0 Å². The number of rotatable bonds is 11. The van der Waals surface area contributed by atoms with E-state index < -0.39 is 17.4 Å². The molecule has 11 heteroatoms. The Kier molecular flexibility index (Phi) is 9.64. The van der Waals surface area contributed by atoms with Gasteiger partial charge < -0.3 is 29.1 Å². The Balaban J connectivity index is 1.18. The van der Waals surface area contributed by atoms with Crippen LogP contribution in [0.3, 0.4) is 0 Å². The Morgan fingerprint density at radius 2 is 1.59 bits per heavy atom. The summed E-state index contributed by atoms with van der Waals surface area (Å²) in [5.41, 5.74) is 4.79. The van der Waals surface area contributed by atoms with E-state index in [1.165, 1.54) is 0 Å². The highest BCUT2D eigenvalue weighted by atomic mass is 16.5. The van der Waals surface area contributed by atoms with Gasteiger partial charge in [-0.15, -0.1) is 0 Å². The lowest BCUT2D eigenvalue weighted by Gasteiger charge is -2.37. The first-order valence-electron chi connectivity index (χ1n) is 18.4. The molecule has 1 N–H and O–H groups in total. The van der Waals surface area contributed by atoms with E-state index in [1.54, 1.807) is 19.5 Å². The fourth-order valence-corrected chi connectivity index (χ4v) is 8.34. The quantitative estimate of drug-likeness (QED) is 0.140. The Morgan fingerprint density at radius 3 is 2.43 bits per heavy atom. The first-order chi connectivity index (χ1) is 26.4. The number of hydrogen-bond donors (Lipinski definition) is 1. The molecule has 8 rings (SSSR count). The number of methoxy groups -OCH3 is 1. The lowest BCUT2D eigenvalue weighted by Crippen LogP contribution is -2.53. The molecule has 0 bridgehead atoms. The number of para-hydroxylation sites is 2. The second-order valence-electron chi connectivity index (χ2n) is 14.2. The average Bonchev–Trinajstić information content (AvgIpc) is 3.70. The zero-order valence-corrected chi connectivity index (χ0v) is 30.8. The number of aliphatic carboxylic acids is 1. The molecule has 0 aliphatic carbocycles. The first-order valence-corrected chi connectivity index (χ1v) is 18.4. The topological polar surface area (TPSA) is 115 Å². The molecule has 0 saturated heterocycles. The number of benzene rings is 4. The number of carboxylic acids is 1. The van der Waals surface area contributed by atoms with E-state index in [-0.39, 0.29) is 6.61 Å². The summed E-state index contributed by atoms with van der Waals surface area (Å²) in [6.45, 7) is 2.63. The van der Waals surface area contributed by atoms with Crippen molar-refractivity contribution in [3.05, 3.63) is 115 Å². The van der Waals surface area contributed by atoms with Gasteiger partial charge in [0.1, 0.15) is 24.1 Å². The maximum Gasteiger partial charge on any atom is 0.327 e. The third-order valence-electron chi connectivity index (χ3n) is 10.9. The molecule has 2 unspecified atom stereocenters. The molecule has 276 valence electrons. The van der Waals surface area contributed by atoms with Crippen LogP contribution in [0.1, 0.15) is 30.5 Å². The van der Waals surface area contributed by atoms with Crippen LogP contribution >= 0.6 is 0 Å². The maximum atomic E-state index is 13.7. The predicted octanol–water partition coefficient (Wildman–Crippen LogP) is 6.99. The lowest BCUT2D eigenvalue weighted by atomic mass is 9.73. The second-order valence-corrected chi connectivity index (χ2v) is 14.2. The molecule has 11 nitrogen and oxygen atoms in total. The van der Waals surface area contributed by atoms with E-state index in [0.717, 1.165) is 69.7 Å². The van der Waals surface area contributed by atoms with E-state index >= 15 is 0 Å². The van der Waals surface area contributed by atoms with Crippen molar-refractivity contribution in [2.75, 3.05) is 45.4 Å². The minimum Gasteiger partial charge on any atom is -0.496 e. The maximum absolute atomic E-state index is 13.7. The largest absolute Gasteiger partial charge is 0.496 e. The number of anilines is 1. The molecule has 2 aliphatic heterocycles. The molecule has 0 amide bonds. The van der Waals surface area contributed by atoms with Crippen LogP contribution in [0.4, 0.5) is 5.69 Å². The van der Waals surface area contributed by atoms with E-state index in [4.69, 9.17) is 14.2 Å². The van der Waals surface area contributed by atoms with Gasteiger partial charge in [0, 0.05) is 42.3 Å². The predicted molar refractivity (Wildman–Crippen MR) is 208 cm³/mol. The molecule has 0 spiro atoms. The second kappa shape index (κ2) is 14.8. The highest BCUT2D eigenvalue weighted by Crippen LogP contribution is 2.53. The van der Waals surface area contributed by atoms with Gasteiger partial charge in [-0.1, -0.05) is 66.7 Å². The van der Waals surface area contributed by atoms with Gasteiger partial charge in [-0.25, -0.2) is 14.8 Å². The Bertz CT molecular complexity index is 2290. The van der Waals surface area contributed by atoms with E-state index in [0.29, 0.717) is 43.3 Å². The molecule has 4 aromatic carbocycles. The van der Waals surface area contributed by atoms with Crippen molar-refractivity contribution < 1.29 is 24.1 Å². The number of aryl methyl sites for hydroxylation is 1. The fraction of sp³-hybridized carbons (Fsp3) is 0.302. The normalized spacial score (nSPS) is 18.2. The van der Waals surface area contributed by atoms with Crippen molar-refractivity contribution >= 4 is 22.4 Å². The summed E-state index contributed by atoms with van der Waals surface area (Å²) in [4.78, 5) is 27.4. The van der Waals surface area contributed by atoms with Gasteiger partial charge in [0.2, 0.25) is 0 Å². The minimum atomic E-state index is -0.942. The van der Waals surface area contributed by atoms with Gasteiger partial charge in [-0.3, -0.25) is 4.68 Å². The van der Waals surface area contributed by atoms with Gasteiger partial charge in [0.05, 0.1) is 49.0 Å². The molecule has 4 heterocycles. The zero-order valence-electron chi connectivity index (χ0n) is 30.8. The monoisotopic (exact) mass is 724 g/mol. The van der Waals surface area contributed by atoms with Crippen LogP contribution < -0.4 is 19.1 Å². The molecular formula is C43H44N6O5. The van der Waals surface area contributed by atoms with Crippen LogP contribution in [0.15, 0.2) is 104 Å². The van der Waals surface area contributed by atoms with E-state index in [1.807, 2.05) is 72.5 Å². The number of carbonyl (C=O) groups is 1. The number of carboxylic acid groups (broad SMARTS) is 1. The van der Waals surface area contributed by atoms with Gasteiger partial charge in [0.25, 0.3) is 0 Å². The minimum absolute atomic E-state index is 0.0996. The molecule has 0 radical (unpaired) electrons. The molecule has 54 heavy (non-hydrogen) atoms. The summed E-state index contributed by atoms with van der Waals surface area (Å²) in [5, 5.41) is 18.1. The van der Waals surface area contributed by atoms with Crippen molar-refractivity contribution in [3.63, 3.8) is 0 Å². The van der Waals surface area contributed by atoms with Gasteiger partial charge >= 0.3 is 5.97 Å². The van der Waals surface area contributed by atoms with Crippen LogP contribution in [0.25, 0.3) is 33.3 Å². The van der Waals surface area contributed by atoms with Crippen LogP contribution in [-0.4, -0.2) is 82.2 Å². The summed E-state index contributed by atoms with van der Waals surface area (Å²) < 4.78 is 20.5. The third kappa shape index (κ3) is 6.38. The van der Waals surface area contributed by atoms with Crippen molar-refractivity contribution in [3.8, 4) is 39.8 Å². The highest BCUT2D eigenvalue weighted by molar-refractivity contribution is 5.93. The van der Waals surface area contributed by atoms with Crippen LogP contribution in [0.5, 0.6) is 17.2 Å².